The Hall–Kier alpha value is -0.310. The number of benzene rings is 1. The summed E-state index contributed by atoms with van der Waals surface area (Å²) in [5.41, 5.74) is 2.38. The first-order valence-corrected chi connectivity index (χ1v) is 4.20. The van der Waals surface area contributed by atoms with Gasteiger partial charge in [0.25, 0.3) is 0 Å². The van der Waals surface area contributed by atoms with Gasteiger partial charge in [0, 0.05) is 3.57 Å². The van der Waals surface area contributed by atoms with Crippen LogP contribution >= 0.6 is 22.6 Å². The molecule has 0 fully saturated rings. The van der Waals surface area contributed by atoms with Gasteiger partial charge >= 0.3 is 0 Å². The lowest BCUT2D eigenvalue weighted by atomic mass is 10.1. The molecule has 0 heterocycles. The van der Waals surface area contributed by atoms with Crippen LogP contribution in [-0.4, -0.2) is 0 Å². The van der Waals surface area contributed by atoms with Crippen molar-refractivity contribution in [2.24, 2.45) is 0 Å². The van der Waals surface area contributed by atoms with E-state index in [0.29, 0.717) is 0 Å². The smallest absolute Gasteiger partial charge is 0.0205 e. The third-order valence-electron chi connectivity index (χ3n) is 1.33. The Morgan fingerprint density at radius 2 is 2.00 bits per heavy atom. The number of halogens is 1. The van der Waals surface area contributed by atoms with Crippen LogP contribution in [0, 0.1) is 3.57 Å². The van der Waals surface area contributed by atoms with E-state index >= 15 is 0 Å². The Kier molecular flexibility index (Phi) is 2.49. The fraction of sp³-hybridized carbons (Fsp3) is 0.111. The summed E-state index contributed by atoms with van der Waals surface area (Å²) in [4.78, 5) is 0. The van der Waals surface area contributed by atoms with E-state index in [2.05, 4.69) is 41.3 Å². The number of allylic oxidation sites excluding steroid dienone is 1. The highest BCUT2D eigenvalue weighted by atomic mass is 127. The summed E-state index contributed by atoms with van der Waals surface area (Å²) in [6, 6.07) is 8.25. The molecule has 1 aromatic carbocycles. The van der Waals surface area contributed by atoms with Crippen LogP contribution in [0.5, 0.6) is 0 Å². The third-order valence-corrected chi connectivity index (χ3v) is 2.27. The molecule has 10 heavy (non-hydrogen) atoms. The first kappa shape index (κ1) is 7.79. The van der Waals surface area contributed by atoms with Crippen LogP contribution in [0.1, 0.15) is 12.5 Å². The molecule has 52 valence electrons. The van der Waals surface area contributed by atoms with Gasteiger partial charge in [0.05, 0.1) is 0 Å². The van der Waals surface area contributed by atoms with Crippen molar-refractivity contribution in [1.82, 2.24) is 0 Å². The molecule has 0 atom stereocenters. The lowest BCUT2D eigenvalue weighted by molar-refractivity contribution is 1.53. The Morgan fingerprint density at radius 3 is 2.40 bits per heavy atom. The maximum absolute atomic E-state index is 3.88. The molecule has 0 bridgehead atoms. The van der Waals surface area contributed by atoms with Gasteiger partial charge in [-0.2, -0.15) is 0 Å². The van der Waals surface area contributed by atoms with Crippen LogP contribution in [0.25, 0.3) is 5.57 Å². The zero-order chi connectivity index (χ0) is 7.56. The van der Waals surface area contributed by atoms with Gasteiger partial charge in [-0.15, -0.1) is 0 Å². The quantitative estimate of drug-likeness (QED) is 0.664. The zero-order valence-corrected chi connectivity index (χ0v) is 8.05. The first-order chi connectivity index (χ1) is 4.72. The maximum atomic E-state index is 3.88. The zero-order valence-electron chi connectivity index (χ0n) is 5.89. The molecule has 0 aromatic heterocycles. The fourth-order valence-electron chi connectivity index (χ4n) is 0.807. The second-order valence-electron chi connectivity index (χ2n) is 2.26. The van der Waals surface area contributed by atoms with Crippen molar-refractivity contribution in [3.8, 4) is 0 Å². The first-order valence-electron chi connectivity index (χ1n) is 3.12. The molecule has 1 heteroatoms. The average molecular weight is 244 g/mol. The molecule has 0 aliphatic rings. The summed E-state index contributed by atoms with van der Waals surface area (Å²) in [6.07, 6.45) is 0. The topological polar surface area (TPSA) is 0 Å². The lowest BCUT2D eigenvalue weighted by Gasteiger charge is -2.00. The highest BCUT2D eigenvalue weighted by molar-refractivity contribution is 14.1. The summed E-state index contributed by atoms with van der Waals surface area (Å²) in [6.45, 7) is 5.91. The minimum absolute atomic E-state index is 1.13. The van der Waals surface area contributed by atoms with Gasteiger partial charge in [0.2, 0.25) is 0 Å². The SMILES string of the molecule is C=C(C)c1ccccc1I. The molecule has 0 radical (unpaired) electrons. The molecule has 0 saturated heterocycles. The van der Waals surface area contributed by atoms with E-state index in [4.69, 9.17) is 0 Å². The van der Waals surface area contributed by atoms with Crippen LogP contribution < -0.4 is 0 Å². The molecule has 0 unspecified atom stereocenters. The predicted molar refractivity (Wildman–Crippen MR) is 53.9 cm³/mol. The van der Waals surface area contributed by atoms with Crippen LogP contribution in [0.15, 0.2) is 30.8 Å². The van der Waals surface area contributed by atoms with Crippen molar-refractivity contribution in [3.63, 3.8) is 0 Å². The van der Waals surface area contributed by atoms with Gasteiger partial charge < -0.3 is 0 Å². The molecule has 0 nitrogen and oxygen atoms in total. The minimum atomic E-state index is 1.13. The van der Waals surface area contributed by atoms with Crippen molar-refractivity contribution >= 4 is 28.2 Å². The van der Waals surface area contributed by atoms with E-state index in [-0.39, 0.29) is 0 Å². The van der Waals surface area contributed by atoms with E-state index in [1.165, 1.54) is 9.13 Å². The lowest BCUT2D eigenvalue weighted by Crippen LogP contribution is -1.81. The number of rotatable bonds is 1. The Labute approximate surface area is 75.1 Å². The standard InChI is InChI=1S/C9H9I/c1-7(2)8-5-3-4-6-9(8)10/h3-6H,1H2,2H3. The normalized spacial score (nSPS) is 9.40. The highest BCUT2D eigenvalue weighted by Gasteiger charge is 1.95. The third kappa shape index (κ3) is 1.59. The molecule has 1 aromatic rings. The van der Waals surface area contributed by atoms with Crippen LogP contribution in [0.4, 0.5) is 0 Å². The van der Waals surface area contributed by atoms with Crippen molar-refractivity contribution in [3.05, 3.63) is 40.0 Å². The van der Waals surface area contributed by atoms with Gasteiger partial charge in [0.15, 0.2) is 0 Å². The second kappa shape index (κ2) is 3.19. The van der Waals surface area contributed by atoms with E-state index in [1.54, 1.807) is 0 Å². The fourth-order valence-corrected chi connectivity index (χ4v) is 1.66. The number of hydrogen-bond donors (Lipinski definition) is 0. The molecular weight excluding hydrogens is 235 g/mol. The Morgan fingerprint density at radius 1 is 1.40 bits per heavy atom. The van der Waals surface area contributed by atoms with Crippen LogP contribution in [-0.2, 0) is 0 Å². The average Bonchev–Trinajstić information content (AvgIpc) is 1.88. The molecule has 0 aliphatic carbocycles. The molecule has 0 amide bonds. The van der Waals surface area contributed by atoms with Crippen LogP contribution in [0.3, 0.4) is 0 Å². The van der Waals surface area contributed by atoms with Crippen LogP contribution in [0.2, 0.25) is 0 Å². The van der Waals surface area contributed by atoms with Crippen molar-refractivity contribution < 1.29 is 0 Å². The predicted octanol–water partition coefficient (Wildman–Crippen LogP) is 3.32. The largest absolute Gasteiger partial charge is 0.0955 e. The highest BCUT2D eigenvalue weighted by Crippen LogP contribution is 2.17. The van der Waals surface area contributed by atoms with Crippen molar-refractivity contribution in [2.45, 2.75) is 6.92 Å². The molecule has 1 rings (SSSR count). The molecule has 0 saturated carbocycles. The minimum Gasteiger partial charge on any atom is -0.0955 e. The van der Waals surface area contributed by atoms with Gasteiger partial charge in [-0.25, -0.2) is 0 Å². The summed E-state index contributed by atoms with van der Waals surface area (Å²) < 4.78 is 1.27. The second-order valence-corrected chi connectivity index (χ2v) is 3.42. The van der Waals surface area contributed by atoms with E-state index < -0.39 is 0 Å². The molecule has 0 aliphatic heterocycles. The maximum Gasteiger partial charge on any atom is 0.0205 e. The Bertz CT molecular complexity index is 251. The van der Waals surface area contributed by atoms with E-state index in [1.807, 2.05) is 19.1 Å². The van der Waals surface area contributed by atoms with Gasteiger partial charge in [-0.1, -0.05) is 30.4 Å². The van der Waals surface area contributed by atoms with Gasteiger partial charge in [-0.3, -0.25) is 0 Å². The molecular formula is C9H9I. The summed E-state index contributed by atoms with van der Waals surface area (Å²) >= 11 is 2.31. The van der Waals surface area contributed by atoms with E-state index in [9.17, 15) is 0 Å². The van der Waals surface area contributed by atoms with Crippen molar-refractivity contribution in [2.75, 3.05) is 0 Å². The number of hydrogen-bond acceptors (Lipinski definition) is 0. The molecule has 0 spiro atoms. The summed E-state index contributed by atoms with van der Waals surface area (Å²) in [5, 5.41) is 0. The van der Waals surface area contributed by atoms with Gasteiger partial charge in [-0.05, 0) is 41.1 Å². The Balaban J connectivity index is 3.15. The van der Waals surface area contributed by atoms with Gasteiger partial charge in [0.1, 0.15) is 0 Å². The monoisotopic (exact) mass is 244 g/mol. The van der Waals surface area contributed by atoms with Crippen molar-refractivity contribution in [1.29, 1.82) is 0 Å². The molecule has 0 N–H and O–H groups in total. The summed E-state index contributed by atoms with van der Waals surface area (Å²) in [7, 11) is 0. The summed E-state index contributed by atoms with van der Waals surface area (Å²) in [5.74, 6) is 0. The van der Waals surface area contributed by atoms with E-state index in [0.717, 1.165) is 5.57 Å².